The fourth-order valence-corrected chi connectivity index (χ4v) is 3.90. The molecule has 1 aromatic heterocycles. The smallest absolute Gasteiger partial charge is 0.222 e. The first kappa shape index (κ1) is 20.5. The number of benzene rings is 1. The van der Waals surface area contributed by atoms with Gasteiger partial charge in [0.1, 0.15) is 5.82 Å². The van der Waals surface area contributed by atoms with Crippen molar-refractivity contribution in [1.29, 1.82) is 0 Å². The predicted octanol–water partition coefficient (Wildman–Crippen LogP) is 3.91. The Labute approximate surface area is 167 Å². The van der Waals surface area contributed by atoms with E-state index >= 15 is 0 Å². The minimum atomic E-state index is -0.203. The summed E-state index contributed by atoms with van der Waals surface area (Å²) in [6.07, 6.45) is 5.80. The highest BCUT2D eigenvalue weighted by Crippen LogP contribution is 2.21. The van der Waals surface area contributed by atoms with E-state index in [1.165, 1.54) is 12.1 Å². The summed E-state index contributed by atoms with van der Waals surface area (Å²) in [5.41, 5.74) is 2.22. The summed E-state index contributed by atoms with van der Waals surface area (Å²) in [7, 11) is 0. The molecular formula is C23H30FN3O. The van der Waals surface area contributed by atoms with Crippen molar-refractivity contribution in [1.82, 2.24) is 14.8 Å². The van der Waals surface area contributed by atoms with Crippen LogP contribution in [0.25, 0.3) is 0 Å². The zero-order chi connectivity index (χ0) is 19.9. The second kappa shape index (κ2) is 9.78. The average molecular weight is 384 g/mol. The minimum Gasteiger partial charge on any atom is -0.341 e. The number of aromatic nitrogens is 1. The maximum absolute atomic E-state index is 13.2. The number of hydrogen-bond acceptors (Lipinski definition) is 3. The van der Waals surface area contributed by atoms with Crippen LogP contribution in [0.3, 0.4) is 0 Å². The molecule has 1 amide bonds. The summed E-state index contributed by atoms with van der Waals surface area (Å²) < 4.78 is 13.2. The van der Waals surface area contributed by atoms with Crippen LogP contribution in [-0.2, 0) is 17.8 Å². The molecule has 150 valence electrons. The monoisotopic (exact) mass is 383 g/mol. The Balaban J connectivity index is 1.62. The molecule has 1 saturated heterocycles. The second-order valence-corrected chi connectivity index (χ2v) is 7.96. The Morgan fingerprint density at radius 3 is 2.64 bits per heavy atom. The maximum Gasteiger partial charge on any atom is 0.222 e. The van der Waals surface area contributed by atoms with Crippen molar-refractivity contribution in [3.63, 3.8) is 0 Å². The van der Waals surface area contributed by atoms with Crippen LogP contribution in [0, 0.1) is 11.7 Å². The van der Waals surface area contributed by atoms with Gasteiger partial charge in [0.2, 0.25) is 5.91 Å². The summed E-state index contributed by atoms with van der Waals surface area (Å²) in [6.45, 7) is 7.73. The highest BCUT2D eigenvalue weighted by molar-refractivity contribution is 5.76. The van der Waals surface area contributed by atoms with Gasteiger partial charge in [0.05, 0.1) is 0 Å². The van der Waals surface area contributed by atoms with E-state index in [1.54, 1.807) is 6.20 Å². The second-order valence-electron chi connectivity index (χ2n) is 7.96. The third kappa shape index (κ3) is 5.61. The van der Waals surface area contributed by atoms with E-state index in [2.05, 4.69) is 23.7 Å². The first-order valence-electron chi connectivity index (χ1n) is 10.2. The first-order chi connectivity index (χ1) is 13.5. The molecule has 1 fully saturated rings. The highest BCUT2D eigenvalue weighted by atomic mass is 19.1. The van der Waals surface area contributed by atoms with Gasteiger partial charge in [-0.2, -0.15) is 0 Å². The van der Waals surface area contributed by atoms with Gasteiger partial charge in [-0.15, -0.1) is 0 Å². The molecule has 1 aliphatic heterocycles. The van der Waals surface area contributed by atoms with Gasteiger partial charge in [0, 0.05) is 51.0 Å². The number of pyridine rings is 1. The average Bonchev–Trinajstić information content (AvgIpc) is 2.91. The normalized spacial score (nSPS) is 18.3. The van der Waals surface area contributed by atoms with Gasteiger partial charge in [-0.1, -0.05) is 32.0 Å². The molecule has 0 bridgehead atoms. The maximum atomic E-state index is 13.2. The molecule has 1 aliphatic rings. The van der Waals surface area contributed by atoms with Gasteiger partial charge in [-0.3, -0.25) is 14.7 Å². The van der Waals surface area contributed by atoms with Crippen LogP contribution in [0.15, 0.2) is 48.8 Å². The first-order valence-corrected chi connectivity index (χ1v) is 10.2. The van der Waals surface area contributed by atoms with Gasteiger partial charge in [0.15, 0.2) is 0 Å². The summed E-state index contributed by atoms with van der Waals surface area (Å²) in [5.74, 6) is 0.454. The van der Waals surface area contributed by atoms with Gasteiger partial charge in [0.25, 0.3) is 0 Å². The molecule has 28 heavy (non-hydrogen) atoms. The fraction of sp³-hybridized carbons (Fsp3) is 0.478. The van der Waals surface area contributed by atoms with E-state index in [1.807, 2.05) is 35.4 Å². The van der Waals surface area contributed by atoms with Crippen molar-refractivity contribution in [2.45, 2.75) is 45.7 Å². The van der Waals surface area contributed by atoms with E-state index in [4.69, 9.17) is 0 Å². The third-order valence-corrected chi connectivity index (χ3v) is 5.52. The lowest BCUT2D eigenvalue weighted by atomic mass is 10.0. The molecule has 0 N–H and O–H groups in total. The van der Waals surface area contributed by atoms with E-state index < -0.39 is 0 Å². The van der Waals surface area contributed by atoms with Crippen molar-refractivity contribution in [3.05, 3.63) is 65.7 Å². The molecule has 0 saturated carbocycles. The van der Waals surface area contributed by atoms with E-state index in [-0.39, 0.29) is 11.7 Å². The van der Waals surface area contributed by atoms with Gasteiger partial charge in [-0.05, 0) is 48.1 Å². The summed E-state index contributed by atoms with van der Waals surface area (Å²) in [6, 6.07) is 11.0. The van der Waals surface area contributed by atoms with Gasteiger partial charge >= 0.3 is 0 Å². The quantitative estimate of drug-likeness (QED) is 0.759. The number of nitrogens with zero attached hydrogens (tertiary/aromatic N) is 3. The summed E-state index contributed by atoms with van der Waals surface area (Å²) in [4.78, 5) is 21.4. The van der Waals surface area contributed by atoms with Crippen LogP contribution in [0.2, 0.25) is 0 Å². The van der Waals surface area contributed by atoms with Crippen molar-refractivity contribution in [2.75, 3.05) is 19.6 Å². The lowest BCUT2D eigenvalue weighted by molar-refractivity contribution is -0.131. The number of hydrogen-bond donors (Lipinski definition) is 0. The molecule has 0 spiro atoms. The molecule has 2 heterocycles. The molecule has 1 atom stereocenters. The fourth-order valence-electron chi connectivity index (χ4n) is 3.90. The highest BCUT2D eigenvalue weighted by Gasteiger charge is 2.29. The lowest BCUT2D eigenvalue weighted by Gasteiger charge is -2.34. The molecule has 1 aromatic carbocycles. The number of halogens is 1. The van der Waals surface area contributed by atoms with Gasteiger partial charge in [-0.25, -0.2) is 4.39 Å². The molecule has 0 unspecified atom stereocenters. The molecule has 5 heteroatoms. The molecule has 2 aromatic rings. The minimum absolute atomic E-state index is 0.203. The largest absolute Gasteiger partial charge is 0.341 e. The molecular weight excluding hydrogens is 353 g/mol. The number of aryl methyl sites for hydroxylation is 1. The SMILES string of the molecule is CC(C)[C@@H]1CN(C(=O)CCc2cccnc2)CCCN1Cc1ccc(F)cc1. The Morgan fingerprint density at radius 2 is 1.96 bits per heavy atom. The number of rotatable bonds is 6. The third-order valence-electron chi connectivity index (χ3n) is 5.52. The zero-order valence-corrected chi connectivity index (χ0v) is 16.9. The Morgan fingerprint density at radius 1 is 1.18 bits per heavy atom. The number of carbonyl (C=O) groups excluding carboxylic acids is 1. The number of amides is 1. The van der Waals surface area contributed by atoms with Crippen LogP contribution in [0.4, 0.5) is 4.39 Å². The van der Waals surface area contributed by atoms with Crippen molar-refractivity contribution < 1.29 is 9.18 Å². The summed E-state index contributed by atoms with van der Waals surface area (Å²) in [5, 5.41) is 0. The van der Waals surface area contributed by atoms with Crippen LogP contribution in [0.1, 0.15) is 37.8 Å². The standard InChI is InChI=1S/C23H30FN3O/c1-18(2)22-17-27(23(28)11-8-19-5-3-12-25-15-19)14-4-13-26(22)16-20-6-9-21(24)10-7-20/h3,5-7,9-10,12,15,18,22H,4,8,11,13-14,16-17H2,1-2H3/t22-/m0/s1. The Kier molecular flexibility index (Phi) is 7.15. The van der Waals surface area contributed by atoms with Crippen LogP contribution in [-0.4, -0.2) is 46.4 Å². The van der Waals surface area contributed by atoms with Crippen LogP contribution < -0.4 is 0 Å². The Bertz CT molecular complexity index is 748. The Hall–Kier alpha value is -2.27. The zero-order valence-electron chi connectivity index (χ0n) is 16.9. The topological polar surface area (TPSA) is 36.4 Å². The molecule has 4 nitrogen and oxygen atoms in total. The van der Waals surface area contributed by atoms with Crippen LogP contribution in [0.5, 0.6) is 0 Å². The number of carbonyl (C=O) groups is 1. The predicted molar refractivity (Wildman–Crippen MR) is 109 cm³/mol. The summed E-state index contributed by atoms with van der Waals surface area (Å²) >= 11 is 0. The molecule has 3 rings (SSSR count). The van der Waals surface area contributed by atoms with E-state index in [9.17, 15) is 9.18 Å². The van der Waals surface area contributed by atoms with E-state index in [0.29, 0.717) is 18.4 Å². The molecule has 0 aliphatic carbocycles. The van der Waals surface area contributed by atoms with Crippen molar-refractivity contribution in [3.8, 4) is 0 Å². The van der Waals surface area contributed by atoms with E-state index in [0.717, 1.165) is 50.1 Å². The lowest BCUT2D eigenvalue weighted by Crippen LogP contribution is -2.45. The van der Waals surface area contributed by atoms with Crippen molar-refractivity contribution in [2.24, 2.45) is 5.92 Å². The molecule has 0 radical (unpaired) electrons. The van der Waals surface area contributed by atoms with Crippen molar-refractivity contribution >= 4 is 5.91 Å². The van der Waals surface area contributed by atoms with Gasteiger partial charge < -0.3 is 4.90 Å². The van der Waals surface area contributed by atoms with Crippen LogP contribution >= 0.6 is 0 Å².